The van der Waals surface area contributed by atoms with Crippen LogP contribution in [-0.4, -0.2) is 26.3 Å². The van der Waals surface area contributed by atoms with Crippen LogP contribution in [0.2, 0.25) is 0 Å². The molecule has 0 aliphatic rings. The second-order valence-corrected chi connectivity index (χ2v) is 4.16. The van der Waals surface area contributed by atoms with Crippen LogP contribution in [0.25, 0.3) is 0 Å². The summed E-state index contributed by atoms with van der Waals surface area (Å²) in [5.41, 5.74) is 0.471. The molecule has 0 unspecified atom stereocenters. The van der Waals surface area contributed by atoms with Gasteiger partial charge in [0, 0.05) is 16.5 Å². The second kappa shape index (κ2) is 6.15. The molecule has 3 nitrogen and oxygen atoms in total. The van der Waals surface area contributed by atoms with E-state index in [1.54, 1.807) is 25.3 Å². The van der Waals surface area contributed by atoms with Crippen molar-refractivity contribution in [2.24, 2.45) is 0 Å². The summed E-state index contributed by atoms with van der Waals surface area (Å²) in [6.45, 7) is 0.641. The quantitative estimate of drug-likeness (QED) is 0.526. The molecule has 0 bridgehead atoms. The van der Waals surface area contributed by atoms with Crippen LogP contribution in [-0.2, 0) is 9.47 Å². The molecule has 0 amide bonds. The summed E-state index contributed by atoms with van der Waals surface area (Å²) in [6, 6.07) is 5.21. The summed E-state index contributed by atoms with van der Waals surface area (Å²) in [5, 5.41) is 0. The minimum absolute atomic E-state index is 0.249. The predicted molar refractivity (Wildman–Crippen MR) is 63.6 cm³/mol. The zero-order valence-corrected chi connectivity index (χ0v) is 10.7. The van der Waals surface area contributed by atoms with Crippen LogP contribution in [0, 0.1) is 0 Å². The number of hydrogen-bond donors (Lipinski definition) is 1. The molecule has 0 aliphatic heterocycles. The van der Waals surface area contributed by atoms with E-state index in [0.29, 0.717) is 16.6 Å². The van der Waals surface area contributed by atoms with Gasteiger partial charge >= 0.3 is 5.97 Å². The van der Waals surface area contributed by atoms with Crippen molar-refractivity contribution in [2.75, 3.05) is 20.3 Å². The van der Waals surface area contributed by atoms with E-state index in [1.165, 1.54) is 0 Å². The van der Waals surface area contributed by atoms with Gasteiger partial charge in [-0.05, 0) is 34.1 Å². The highest BCUT2D eigenvalue weighted by molar-refractivity contribution is 9.10. The van der Waals surface area contributed by atoms with Crippen molar-refractivity contribution in [2.45, 2.75) is 4.90 Å². The summed E-state index contributed by atoms with van der Waals surface area (Å²) in [4.78, 5) is 12.3. The van der Waals surface area contributed by atoms with Gasteiger partial charge in [0.15, 0.2) is 0 Å². The summed E-state index contributed by atoms with van der Waals surface area (Å²) in [7, 11) is 1.55. The van der Waals surface area contributed by atoms with Crippen molar-refractivity contribution < 1.29 is 14.3 Å². The first-order valence-electron chi connectivity index (χ1n) is 4.29. The summed E-state index contributed by atoms with van der Waals surface area (Å²) < 4.78 is 10.5. The molecule has 1 aromatic rings. The van der Waals surface area contributed by atoms with Gasteiger partial charge in [0.1, 0.15) is 6.61 Å². The number of carbonyl (C=O) groups excluding carboxylic acids is 1. The summed E-state index contributed by atoms with van der Waals surface area (Å²) in [6.07, 6.45) is 0. The third kappa shape index (κ3) is 3.85. The Morgan fingerprint density at radius 3 is 2.87 bits per heavy atom. The Balaban J connectivity index is 2.68. The van der Waals surface area contributed by atoms with E-state index >= 15 is 0 Å². The molecule has 1 rings (SSSR count). The largest absolute Gasteiger partial charge is 0.460 e. The smallest absolute Gasteiger partial charge is 0.339 e. The number of esters is 1. The molecule has 5 heteroatoms. The Bertz CT molecular complexity index is 355. The third-order valence-electron chi connectivity index (χ3n) is 1.69. The molecule has 1 aromatic carbocycles. The predicted octanol–water partition coefficient (Wildman–Crippen LogP) is 2.54. The van der Waals surface area contributed by atoms with Gasteiger partial charge in [0.2, 0.25) is 0 Å². The monoisotopic (exact) mass is 290 g/mol. The number of benzene rings is 1. The first-order valence-corrected chi connectivity index (χ1v) is 5.53. The lowest BCUT2D eigenvalue weighted by Gasteiger charge is -2.06. The molecule has 0 aromatic heterocycles. The number of methoxy groups -OCH3 is 1. The van der Waals surface area contributed by atoms with E-state index < -0.39 is 0 Å². The summed E-state index contributed by atoms with van der Waals surface area (Å²) >= 11 is 7.43. The average Bonchev–Trinajstić information content (AvgIpc) is 2.22. The van der Waals surface area contributed by atoms with Gasteiger partial charge in [-0.2, -0.15) is 0 Å². The van der Waals surface area contributed by atoms with Gasteiger partial charge < -0.3 is 9.47 Å². The first-order chi connectivity index (χ1) is 7.15. The topological polar surface area (TPSA) is 35.5 Å². The van der Waals surface area contributed by atoms with Crippen LogP contribution < -0.4 is 0 Å². The zero-order chi connectivity index (χ0) is 11.3. The van der Waals surface area contributed by atoms with Gasteiger partial charge in [-0.25, -0.2) is 4.79 Å². The number of rotatable bonds is 4. The molecule has 0 saturated carbocycles. The number of hydrogen-bond acceptors (Lipinski definition) is 4. The maximum absolute atomic E-state index is 11.6. The Morgan fingerprint density at radius 1 is 1.47 bits per heavy atom. The molecular formula is C10H11BrO3S. The molecular weight excluding hydrogens is 280 g/mol. The van der Waals surface area contributed by atoms with Crippen molar-refractivity contribution in [3.8, 4) is 0 Å². The fourth-order valence-electron chi connectivity index (χ4n) is 0.965. The highest BCUT2D eigenvalue weighted by atomic mass is 79.9. The molecule has 0 radical (unpaired) electrons. The van der Waals surface area contributed by atoms with Gasteiger partial charge in [-0.15, -0.1) is 12.6 Å². The number of thiol groups is 1. The molecule has 15 heavy (non-hydrogen) atoms. The maximum Gasteiger partial charge on any atom is 0.339 e. The second-order valence-electron chi connectivity index (χ2n) is 2.79. The van der Waals surface area contributed by atoms with Gasteiger partial charge in [-0.3, -0.25) is 0 Å². The lowest BCUT2D eigenvalue weighted by atomic mass is 10.2. The standard InChI is InChI=1S/C10H11BrO3S/c1-13-4-5-14-10(12)8-6-7(15)2-3-9(8)11/h2-3,6,15H,4-5H2,1H3. The van der Waals surface area contributed by atoms with Crippen LogP contribution in [0.5, 0.6) is 0 Å². The van der Waals surface area contributed by atoms with E-state index in [4.69, 9.17) is 9.47 Å². The van der Waals surface area contributed by atoms with Crippen molar-refractivity contribution in [3.05, 3.63) is 28.2 Å². The van der Waals surface area contributed by atoms with Gasteiger partial charge in [-0.1, -0.05) is 0 Å². The number of halogens is 1. The van der Waals surface area contributed by atoms with E-state index in [1.807, 2.05) is 0 Å². The number of ether oxygens (including phenoxy) is 2. The highest BCUT2D eigenvalue weighted by Gasteiger charge is 2.11. The Morgan fingerprint density at radius 2 is 2.20 bits per heavy atom. The summed E-state index contributed by atoms with van der Waals surface area (Å²) in [5.74, 6) is -0.380. The lowest BCUT2D eigenvalue weighted by molar-refractivity contribution is 0.0387. The molecule has 0 fully saturated rings. The van der Waals surface area contributed by atoms with E-state index in [-0.39, 0.29) is 12.6 Å². The number of carbonyl (C=O) groups is 1. The highest BCUT2D eigenvalue weighted by Crippen LogP contribution is 2.20. The van der Waals surface area contributed by atoms with Crippen LogP contribution in [0.1, 0.15) is 10.4 Å². The Hall–Kier alpha value is -0.520. The fourth-order valence-corrected chi connectivity index (χ4v) is 1.58. The lowest BCUT2D eigenvalue weighted by Crippen LogP contribution is -2.10. The molecule has 0 aliphatic carbocycles. The Labute approximate surface area is 102 Å². The van der Waals surface area contributed by atoms with Crippen molar-refractivity contribution in [3.63, 3.8) is 0 Å². The van der Waals surface area contributed by atoms with Crippen LogP contribution in [0.15, 0.2) is 27.6 Å². The molecule has 0 atom stereocenters. The first kappa shape index (κ1) is 12.5. The molecule has 82 valence electrons. The minimum atomic E-state index is -0.380. The van der Waals surface area contributed by atoms with Crippen molar-refractivity contribution in [1.82, 2.24) is 0 Å². The van der Waals surface area contributed by atoms with E-state index in [0.717, 1.165) is 4.90 Å². The van der Waals surface area contributed by atoms with Crippen LogP contribution in [0.4, 0.5) is 0 Å². The third-order valence-corrected chi connectivity index (χ3v) is 2.66. The average molecular weight is 291 g/mol. The fraction of sp³-hybridized carbons (Fsp3) is 0.300. The minimum Gasteiger partial charge on any atom is -0.460 e. The molecule has 0 saturated heterocycles. The molecule has 0 N–H and O–H groups in total. The zero-order valence-electron chi connectivity index (χ0n) is 8.20. The van der Waals surface area contributed by atoms with E-state index in [2.05, 4.69) is 28.6 Å². The Kier molecular flexibility index (Phi) is 5.14. The van der Waals surface area contributed by atoms with Crippen molar-refractivity contribution in [1.29, 1.82) is 0 Å². The van der Waals surface area contributed by atoms with E-state index in [9.17, 15) is 4.79 Å². The normalized spacial score (nSPS) is 10.1. The van der Waals surface area contributed by atoms with Gasteiger partial charge in [0.25, 0.3) is 0 Å². The molecule has 0 spiro atoms. The van der Waals surface area contributed by atoms with Gasteiger partial charge in [0.05, 0.1) is 12.2 Å². The SMILES string of the molecule is COCCOC(=O)c1cc(S)ccc1Br. The maximum atomic E-state index is 11.6. The van der Waals surface area contributed by atoms with Crippen molar-refractivity contribution >= 4 is 34.5 Å². The molecule has 0 heterocycles. The van der Waals surface area contributed by atoms with Crippen LogP contribution >= 0.6 is 28.6 Å². The van der Waals surface area contributed by atoms with Crippen LogP contribution in [0.3, 0.4) is 0 Å².